The van der Waals surface area contributed by atoms with Crippen LogP contribution >= 0.6 is 23.1 Å². The summed E-state index contributed by atoms with van der Waals surface area (Å²) in [6, 6.07) is 5.27. The van der Waals surface area contributed by atoms with Crippen LogP contribution in [0.4, 0.5) is 5.69 Å². The predicted molar refractivity (Wildman–Crippen MR) is 122 cm³/mol. The highest BCUT2D eigenvalue weighted by atomic mass is 32.2. The van der Waals surface area contributed by atoms with Gasteiger partial charge in [-0.05, 0) is 43.4 Å². The van der Waals surface area contributed by atoms with Crippen molar-refractivity contribution in [3.63, 3.8) is 0 Å². The minimum atomic E-state index is -0.171. The summed E-state index contributed by atoms with van der Waals surface area (Å²) in [6.07, 6.45) is 6.37. The van der Waals surface area contributed by atoms with Crippen LogP contribution in [0.15, 0.2) is 29.7 Å². The van der Waals surface area contributed by atoms with Crippen LogP contribution in [0.2, 0.25) is 0 Å². The van der Waals surface area contributed by atoms with E-state index in [1.165, 1.54) is 35.0 Å². The SMILES string of the molecule is COc1ccc(OC)c(NC(=O)CSc2nnc3c4c5c(sc4ncn23)CCCC5)c1. The number of nitrogens with one attached hydrogen (secondary N) is 1. The van der Waals surface area contributed by atoms with Gasteiger partial charge in [-0.2, -0.15) is 0 Å². The normalized spacial score (nSPS) is 13.4. The van der Waals surface area contributed by atoms with Crippen LogP contribution in [0.1, 0.15) is 23.3 Å². The number of aryl methyl sites for hydroxylation is 2. The molecule has 1 aliphatic rings. The molecule has 1 aromatic carbocycles. The summed E-state index contributed by atoms with van der Waals surface area (Å²) in [5, 5.41) is 13.4. The highest BCUT2D eigenvalue weighted by Crippen LogP contribution is 2.37. The number of amides is 1. The molecule has 1 aliphatic carbocycles. The Bertz CT molecular complexity index is 1280. The van der Waals surface area contributed by atoms with Gasteiger partial charge in [-0.15, -0.1) is 21.5 Å². The van der Waals surface area contributed by atoms with E-state index >= 15 is 0 Å². The zero-order valence-corrected chi connectivity index (χ0v) is 18.8. The quantitative estimate of drug-likeness (QED) is 0.440. The van der Waals surface area contributed by atoms with Gasteiger partial charge in [-0.1, -0.05) is 11.8 Å². The molecule has 31 heavy (non-hydrogen) atoms. The first-order valence-electron chi connectivity index (χ1n) is 9.96. The molecule has 5 rings (SSSR count). The number of aromatic nitrogens is 4. The van der Waals surface area contributed by atoms with Gasteiger partial charge in [0, 0.05) is 10.9 Å². The summed E-state index contributed by atoms with van der Waals surface area (Å²) in [5.74, 6) is 1.22. The van der Waals surface area contributed by atoms with Gasteiger partial charge in [0.15, 0.2) is 10.8 Å². The third-order valence-electron chi connectivity index (χ3n) is 5.34. The Morgan fingerprint density at radius 3 is 2.94 bits per heavy atom. The zero-order valence-electron chi connectivity index (χ0n) is 17.2. The number of thiophene rings is 1. The number of hydrogen-bond acceptors (Lipinski definition) is 8. The maximum absolute atomic E-state index is 12.6. The van der Waals surface area contributed by atoms with Crippen molar-refractivity contribution in [3.8, 4) is 11.5 Å². The van der Waals surface area contributed by atoms with Crippen LogP contribution in [0, 0.1) is 0 Å². The van der Waals surface area contributed by atoms with E-state index in [1.807, 2.05) is 4.40 Å². The smallest absolute Gasteiger partial charge is 0.234 e. The summed E-state index contributed by atoms with van der Waals surface area (Å²) < 4.78 is 12.4. The van der Waals surface area contributed by atoms with Gasteiger partial charge < -0.3 is 14.8 Å². The second-order valence-corrected chi connectivity index (χ2v) is 9.24. The lowest BCUT2D eigenvalue weighted by molar-refractivity contribution is -0.113. The van der Waals surface area contributed by atoms with E-state index in [9.17, 15) is 4.79 Å². The lowest BCUT2D eigenvalue weighted by Crippen LogP contribution is -2.15. The lowest BCUT2D eigenvalue weighted by atomic mass is 9.97. The molecule has 8 nitrogen and oxygen atoms in total. The van der Waals surface area contributed by atoms with Crippen molar-refractivity contribution in [1.82, 2.24) is 19.6 Å². The Labute approximate surface area is 187 Å². The number of thioether (sulfide) groups is 1. The van der Waals surface area contributed by atoms with E-state index in [2.05, 4.69) is 20.5 Å². The van der Waals surface area contributed by atoms with Crippen LogP contribution in [0.25, 0.3) is 15.9 Å². The number of anilines is 1. The van der Waals surface area contributed by atoms with Crippen molar-refractivity contribution in [2.45, 2.75) is 30.8 Å². The fraction of sp³-hybridized carbons (Fsp3) is 0.333. The van der Waals surface area contributed by atoms with Crippen molar-refractivity contribution in [3.05, 3.63) is 35.0 Å². The number of ether oxygens (including phenoxy) is 2. The average Bonchev–Trinajstić information content (AvgIpc) is 3.38. The van der Waals surface area contributed by atoms with Crippen molar-refractivity contribution >= 4 is 50.6 Å². The summed E-state index contributed by atoms with van der Waals surface area (Å²) in [4.78, 5) is 19.7. The van der Waals surface area contributed by atoms with Crippen LogP contribution in [-0.2, 0) is 17.6 Å². The Morgan fingerprint density at radius 2 is 2.10 bits per heavy atom. The van der Waals surface area contributed by atoms with E-state index in [0.29, 0.717) is 22.3 Å². The molecule has 0 saturated heterocycles. The number of nitrogens with zero attached hydrogens (tertiary/aromatic N) is 4. The standard InChI is InChI=1S/C21H21N5O3S2/c1-28-12-7-8-15(29-2)14(9-12)23-17(27)10-30-21-25-24-19-18-13-5-3-4-6-16(13)31-20(18)22-11-26(19)21/h7-9,11H,3-6,10H2,1-2H3,(H,23,27). The molecular weight excluding hydrogens is 434 g/mol. The molecule has 3 aromatic heterocycles. The summed E-state index contributed by atoms with van der Waals surface area (Å²) >= 11 is 3.09. The molecule has 0 unspecified atom stereocenters. The number of benzene rings is 1. The summed E-state index contributed by atoms with van der Waals surface area (Å²) in [6.45, 7) is 0. The van der Waals surface area contributed by atoms with Gasteiger partial charge in [0.2, 0.25) is 5.91 Å². The van der Waals surface area contributed by atoms with E-state index in [1.54, 1.807) is 50.1 Å². The molecule has 1 N–H and O–H groups in total. The van der Waals surface area contributed by atoms with E-state index in [4.69, 9.17) is 9.47 Å². The minimum absolute atomic E-state index is 0.171. The molecule has 0 atom stereocenters. The molecular formula is C21H21N5O3S2. The van der Waals surface area contributed by atoms with Crippen LogP contribution in [0.5, 0.6) is 11.5 Å². The van der Waals surface area contributed by atoms with Gasteiger partial charge in [0.1, 0.15) is 22.7 Å². The molecule has 0 bridgehead atoms. The second-order valence-electron chi connectivity index (χ2n) is 7.21. The highest BCUT2D eigenvalue weighted by Gasteiger charge is 2.21. The Morgan fingerprint density at radius 1 is 1.23 bits per heavy atom. The fourth-order valence-corrected chi connectivity index (χ4v) is 5.79. The average molecular weight is 456 g/mol. The molecule has 0 fully saturated rings. The molecule has 4 aromatic rings. The Balaban J connectivity index is 1.36. The first kappa shape index (κ1) is 20.1. The van der Waals surface area contributed by atoms with Crippen molar-refractivity contribution in [1.29, 1.82) is 0 Å². The fourth-order valence-electron chi connectivity index (χ4n) is 3.86. The molecule has 0 spiro atoms. The number of methoxy groups -OCH3 is 2. The monoisotopic (exact) mass is 455 g/mol. The van der Waals surface area contributed by atoms with Crippen LogP contribution in [-0.4, -0.2) is 45.5 Å². The summed E-state index contributed by atoms with van der Waals surface area (Å²) in [5.41, 5.74) is 2.75. The third kappa shape index (κ3) is 3.70. The van der Waals surface area contributed by atoms with E-state index in [-0.39, 0.29) is 11.7 Å². The van der Waals surface area contributed by atoms with Gasteiger partial charge in [0.25, 0.3) is 0 Å². The maximum Gasteiger partial charge on any atom is 0.234 e. The number of carbonyl (C=O) groups excluding carboxylic acids is 1. The maximum atomic E-state index is 12.6. The minimum Gasteiger partial charge on any atom is -0.497 e. The topological polar surface area (TPSA) is 90.6 Å². The van der Waals surface area contributed by atoms with Gasteiger partial charge >= 0.3 is 0 Å². The molecule has 1 amide bonds. The van der Waals surface area contributed by atoms with Gasteiger partial charge in [-0.3, -0.25) is 9.20 Å². The van der Waals surface area contributed by atoms with Crippen molar-refractivity contribution in [2.24, 2.45) is 0 Å². The van der Waals surface area contributed by atoms with Crippen LogP contribution < -0.4 is 14.8 Å². The Hall–Kier alpha value is -2.85. The zero-order chi connectivity index (χ0) is 21.4. The largest absolute Gasteiger partial charge is 0.497 e. The highest BCUT2D eigenvalue weighted by molar-refractivity contribution is 7.99. The Kier molecular flexibility index (Phi) is 5.41. The van der Waals surface area contributed by atoms with Gasteiger partial charge in [0.05, 0.1) is 31.0 Å². The van der Waals surface area contributed by atoms with Crippen molar-refractivity contribution in [2.75, 3.05) is 25.3 Å². The second kappa shape index (κ2) is 8.35. The number of hydrogen-bond donors (Lipinski definition) is 1. The number of rotatable bonds is 6. The lowest BCUT2D eigenvalue weighted by Gasteiger charge is -2.11. The van der Waals surface area contributed by atoms with E-state index < -0.39 is 0 Å². The summed E-state index contributed by atoms with van der Waals surface area (Å²) in [7, 11) is 3.14. The van der Waals surface area contributed by atoms with E-state index in [0.717, 1.165) is 28.7 Å². The molecule has 10 heteroatoms. The first-order valence-corrected chi connectivity index (χ1v) is 11.8. The predicted octanol–water partition coefficient (Wildman–Crippen LogP) is 3.97. The molecule has 160 valence electrons. The third-order valence-corrected chi connectivity index (χ3v) is 7.49. The molecule has 0 aliphatic heterocycles. The molecule has 3 heterocycles. The number of fused-ring (bicyclic) bond motifs is 5. The van der Waals surface area contributed by atoms with Gasteiger partial charge in [-0.25, -0.2) is 4.98 Å². The van der Waals surface area contributed by atoms with Crippen molar-refractivity contribution < 1.29 is 14.3 Å². The van der Waals surface area contributed by atoms with Crippen LogP contribution in [0.3, 0.4) is 0 Å². The number of carbonyl (C=O) groups is 1. The molecule has 0 radical (unpaired) electrons. The first-order chi connectivity index (χ1) is 15.2. The molecule has 0 saturated carbocycles.